The SMILES string of the molecule is COC[C@H]1COCCN1.CS. The second-order valence-electron chi connectivity index (χ2n) is 2.18. The molecule has 1 saturated heterocycles. The van der Waals surface area contributed by atoms with Gasteiger partial charge in [-0.05, 0) is 6.26 Å². The van der Waals surface area contributed by atoms with E-state index < -0.39 is 0 Å². The summed E-state index contributed by atoms with van der Waals surface area (Å²) < 4.78 is 10.1. The molecule has 1 heterocycles. The molecule has 0 aromatic heterocycles. The Bertz CT molecular complexity index is 74.1. The van der Waals surface area contributed by atoms with Crippen LogP contribution < -0.4 is 5.32 Å². The van der Waals surface area contributed by atoms with E-state index in [-0.39, 0.29) is 0 Å². The van der Waals surface area contributed by atoms with Crippen LogP contribution in [0, 0.1) is 0 Å². The van der Waals surface area contributed by atoms with Gasteiger partial charge in [0.25, 0.3) is 0 Å². The van der Waals surface area contributed by atoms with Crippen LogP contribution in [-0.4, -0.2) is 45.8 Å². The van der Waals surface area contributed by atoms with Crippen molar-refractivity contribution in [2.45, 2.75) is 6.04 Å². The summed E-state index contributed by atoms with van der Waals surface area (Å²) >= 11 is 3.53. The van der Waals surface area contributed by atoms with E-state index >= 15 is 0 Å². The number of morpholine rings is 1. The van der Waals surface area contributed by atoms with Crippen molar-refractivity contribution in [3.63, 3.8) is 0 Å². The quantitative estimate of drug-likeness (QED) is 0.592. The van der Waals surface area contributed by atoms with Crippen LogP contribution in [0.1, 0.15) is 0 Å². The van der Waals surface area contributed by atoms with Gasteiger partial charge in [0.2, 0.25) is 0 Å². The second-order valence-corrected chi connectivity index (χ2v) is 2.18. The largest absolute Gasteiger partial charge is 0.383 e. The first-order chi connectivity index (χ1) is 5.43. The zero-order chi connectivity index (χ0) is 8.53. The van der Waals surface area contributed by atoms with Crippen molar-refractivity contribution in [1.82, 2.24) is 5.32 Å². The molecule has 0 spiro atoms. The molecule has 0 aromatic carbocycles. The molecule has 1 rings (SSSR count). The molecule has 0 bridgehead atoms. The van der Waals surface area contributed by atoms with Gasteiger partial charge in [-0.15, -0.1) is 0 Å². The normalized spacial score (nSPS) is 23.7. The van der Waals surface area contributed by atoms with Gasteiger partial charge in [-0.2, -0.15) is 12.6 Å². The van der Waals surface area contributed by atoms with Crippen molar-refractivity contribution in [1.29, 1.82) is 0 Å². The van der Waals surface area contributed by atoms with Crippen molar-refractivity contribution in [3.8, 4) is 0 Å². The van der Waals surface area contributed by atoms with E-state index in [2.05, 4.69) is 17.9 Å². The Morgan fingerprint density at radius 3 is 2.82 bits per heavy atom. The molecule has 0 radical (unpaired) electrons. The first kappa shape index (κ1) is 11.2. The van der Waals surface area contributed by atoms with Crippen molar-refractivity contribution in [2.75, 3.05) is 39.7 Å². The molecular formula is C7H17NO2S. The van der Waals surface area contributed by atoms with Crippen LogP contribution in [0.2, 0.25) is 0 Å². The van der Waals surface area contributed by atoms with E-state index in [0.29, 0.717) is 6.04 Å². The maximum Gasteiger partial charge on any atom is 0.0642 e. The topological polar surface area (TPSA) is 30.5 Å². The lowest BCUT2D eigenvalue weighted by Crippen LogP contribution is -2.43. The Balaban J connectivity index is 0.000000461. The molecule has 0 aliphatic carbocycles. The number of thiol groups is 1. The van der Waals surface area contributed by atoms with Crippen LogP contribution in [0.15, 0.2) is 0 Å². The van der Waals surface area contributed by atoms with E-state index in [0.717, 1.165) is 26.4 Å². The number of nitrogens with one attached hydrogen (secondary N) is 1. The predicted molar refractivity (Wildman–Crippen MR) is 49.4 cm³/mol. The molecule has 1 aliphatic rings. The Labute approximate surface area is 73.9 Å². The fraction of sp³-hybridized carbons (Fsp3) is 1.00. The summed E-state index contributed by atoms with van der Waals surface area (Å²) in [7, 11) is 1.70. The van der Waals surface area contributed by atoms with Gasteiger partial charge in [0.05, 0.1) is 25.9 Å². The highest BCUT2D eigenvalue weighted by atomic mass is 32.1. The van der Waals surface area contributed by atoms with Gasteiger partial charge >= 0.3 is 0 Å². The van der Waals surface area contributed by atoms with Crippen molar-refractivity contribution in [3.05, 3.63) is 0 Å². The van der Waals surface area contributed by atoms with Crippen LogP contribution in [0.4, 0.5) is 0 Å². The molecule has 68 valence electrons. The van der Waals surface area contributed by atoms with E-state index in [9.17, 15) is 0 Å². The molecule has 3 nitrogen and oxygen atoms in total. The van der Waals surface area contributed by atoms with Gasteiger partial charge in [0, 0.05) is 13.7 Å². The Morgan fingerprint density at radius 1 is 1.64 bits per heavy atom. The molecule has 1 aliphatic heterocycles. The standard InChI is InChI=1S/C6H13NO2.CH4S/c1-8-4-6-5-9-3-2-7-6;1-2/h6-7H,2-5H2,1H3;2H,1H3/t6-;/m0./s1. The zero-order valence-corrected chi connectivity index (χ0v) is 8.06. The van der Waals surface area contributed by atoms with E-state index in [1.807, 2.05) is 0 Å². The lowest BCUT2D eigenvalue weighted by Gasteiger charge is -2.22. The van der Waals surface area contributed by atoms with Crippen LogP contribution >= 0.6 is 12.6 Å². The molecule has 1 fully saturated rings. The van der Waals surface area contributed by atoms with Gasteiger partial charge in [-0.25, -0.2) is 0 Å². The maximum absolute atomic E-state index is 5.19. The van der Waals surface area contributed by atoms with Gasteiger partial charge in [0.1, 0.15) is 0 Å². The predicted octanol–water partition coefficient (Wildman–Crippen LogP) is 0.167. The molecule has 0 aromatic rings. The van der Waals surface area contributed by atoms with Crippen molar-refractivity contribution in [2.24, 2.45) is 0 Å². The third kappa shape index (κ3) is 5.49. The summed E-state index contributed by atoms with van der Waals surface area (Å²) in [5, 5.41) is 3.27. The van der Waals surface area contributed by atoms with Gasteiger partial charge in [0.15, 0.2) is 0 Å². The third-order valence-electron chi connectivity index (χ3n) is 1.37. The Hall–Kier alpha value is 0.230. The summed E-state index contributed by atoms with van der Waals surface area (Å²) in [4.78, 5) is 0. The fourth-order valence-electron chi connectivity index (χ4n) is 0.928. The van der Waals surface area contributed by atoms with E-state index in [1.165, 1.54) is 0 Å². The second kappa shape index (κ2) is 8.33. The number of rotatable bonds is 2. The maximum atomic E-state index is 5.19. The van der Waals surface area contributed by atoms with Crippen molar-refractivity contribution >= 4 is 12.6 Å². The zero-order valence-electron chi connectivity index (χ0n) is 7.17. The lowest BCUT2D eigenvalue weighted by atomic mass is 10.3. The molecule has 0 unspecified atom stereocenters. The Kier molecular flexibility index (Phi) is 8.50. The third-order valence-corrected chi connectivity index (χ3v) is 1.37. The molecule has 4 heteroatoms. The summed E-state index contributed by atoms with van der Waals surface area (Å²) in [6.45, 7) is 3.32. The van der Waals surface area contributed by atoms with Crippen LogP contribution in [0.5, 0.6) is 0 Å². The number of hydrogen-bond acceptors (Lipinski definition) is 4. The summed E-state index contributed by atoms with van der Waals surface area (Å²) in [5.74, 6) is 0. The first-order valence-electron chi connectivity index (χ1n) is 3.68. The minimum Gasteiger partial charge on any atom is -0.383 e. The molecule has 1 N–H and O–H groups in total. The molecule has 11 heavy (non-hydrogen) atoms. The highest BCUT2D eigenvalue weighted by Crippen LogP contribution is 1.91. The Morgan fingerprint density at radius 2 is 2.36 bits per heavy atom. The van der Waals surface area contributed by atoms with Crippen LogP contribution in [-0.2, 0) is 9.47 Å². The molecule has 0 amide bonds. The summed E-state index contributed by atoms with van der Waals surface area (Å²) in [5.41, 5.74) is 0. The minimum atomic E-state index is 0.406. The highest BCUT2D eigenvalue weighted by molar-refractivity contribution is 7.79. The van der Waals surface area contributed by atoms with E-state index in [1.54, 1.807) is 13.4 Å². The first-order valence-corrected chi connectivity index (χ1v) is 4.57. The monoisotopic (exact) mass is 179 g/mol. The average Bonchev–Trinajstić information content (AvgIpc) is 2.11. The molecular weight excluding hydrogens is 162 g/mol. The van der Waals surface area contributed by atoms with E-state index in [4.69, 9.17) is 9.47 Å². The van der Waals surface area contributed by atoms with Crippen LogP contribution in [0.3, 0.4) is 0 Å². The molecule has 0 saturated carbocycles. The van der Waals surface area contributed by atoms with Crippen molar-refractivity contribution < 1.29 is 9.47 Å². The molecule has 1 atom stereocenters. The number of methoxy groups -OCH3 is 1. The number of ether oxygens (including phenoxy) is 2. The van der Waals surface area contributed by atoms with Gasteiger partial charge in [-0.3, -0.25) is 0 Å². The van der Waals surface area contributed by atoms with Crippen LogP contribution in [0.25, 0.3) is 0 Å². The van der Waals surface area contributed by atoms with Gasteiger partial charge in [-0.1, -0.05) is 0 Å². The average molecular weight is 179 g/mol. The number of hydrogen-bond donors (Lipinski definition) is 2. The summed E-state index contributed by atoms with van der Waals surface area (Å²) in [6, 6.07) is 0.406. The van der Waals surface area contributed by atoms with Gasteiger partial charge < -0.3 is 14.8 Å². The summed E-state index contributed by atoms with van der Waals surface area (Å²) in [6.07, 6.45) is 1.69. The lowest BCUT2D eigenvalue weighted by molar-refractivity contribution is 0.0432. The smallest absolute Gasteiger partial charge is 0.0642 e. The highest BCUT2D eigenvalue weighted by Gasteiger charge is 2.10. The fourth-order valence-corrected chi connectivity index (χ4v) is 0.928. The minimum absolute atomic E-state index is 0.406.